The number of carbonyl (C=O) groups excluding carboxylic acids is 2. The summed E-state index contributed by atoms with van der Waals surface area (Å²) in [6.45, 7) is 2.58. The third-order valence-electron chi connectivity index (χ3n) is 4.47. The van der Waals surface area contributed by atoms with E-state index in [0.29, 0.717) is 18.5 Å². The van der Waals surface area contributed by atoms with Crippen LogP contribution in [0, 0.1) is 6.92 Å². The van der Waals surface area contributed by atoms with Gasteiger partial charge in [-0.25, -0.2) is 0 Å². The Morgan fingerprint density at radius 1 is 1.17 bits per heavy atom. The van der Waals surface area contributed by atoms with Crippen molar-refractivity contribution in [2.45, 2.75) is 26.2 Å². The second-order valence-corrected chi connectivity index (χ2v) is 6.29. The lowest BCUT2D eigenvalue weighted by atomic mass is 9.98. The van der Waals surface area contributed by atoms with Crippen LogP contribution in [0.25, 0.3) is 0 Å². The van der Waals surface area contributed by atoms with Gasteiger partial charge in [0.15, 0.2) is 0 Å². The van der Waals surface area contributed by atoms with E-state index >= 15 is 0 Å². The molecule has 0 spiro atoms. The smallest absolute Gasteiger partial charge is 0.251 e. The molecule has 0 aromatic heterocycles. The molecule has 0 bridgehead atoms. The van der Waals surface area contributed by atoms with Crippen LogP contribution in [0.1, 0.15) is 33.5 Å². The Hall–Kier alpha value is -2.62. The van der Waals surface area contributed by atoms with E-state index in [-0.39, 0.29) is 11.8 Å². The van der Waals surface area contributed by atoms with E-state index in [2.05, 4.69) is 11.4 Å². The van der Waals surface area contributed by atoms with Crippen LogP contribution in [0.15, 0.2) is 42.5 Å². The van der Waals surface area contributed by atoms with Gasteiger partial charge in [-0.15, -0.1) is 0 Å². The molecule has 0 saturated heterocycles. The molecule has 3 rings (SSSR count). The first-order valence-electron chi connectivity index (χ1n) is 8.28. The molecule has 0 unspecified atom stereocenters. The quantitative estimate of drug-likeness (QED) is 0.941. The predicted molar refractivity (Wildman–Crippen MR) is 95.4 cm³/mol. The number of hydrogen-bond acceptors (Lipinski definition) is 2. The summed E-state index contributed by atoms with van der Waals surface area (Å²) in [5.74, 6) is 0.127. The molecule has 4 nitrogen and oxygen atoms in total. The fraction of sp³-hybridized carbons (Fsp3) is 0.300. The molecule has 124 valence electrons. The molecular weight excluding hydrogens is 300 g/mol. The Balaban J connectivity index is 1.59. The van der Waals surface area contributed by atoms with E-state index in [1.165, 1.54) is 11.1 Å². The zero-order valence-electron chi connectivity index (χ0n) is 14.1. The highest BCUT2D eigenvalue weighted by molar-refractivity contribution is 5.96. The third-order valence-corrected chi connectivity index (χ3v) is 4.47. The topological polar surface area (TPSA) is 49.4 Å². The van der Waals surface area contributed by atoms with Gasteiger partial charge in [0.05, 0.1) is 0 Å². The van der Waals surface area contributed by atoms with Gasteiger partial charge >= 0.3 is 0 Å². The highest BCUT2D eigenvalue weighted by Crippen LogP contribution is 2.27. The lowest BCUT2D eigenvalue weighted by Gasteiger charge is -2.26. The number of rotatable bonds is 4. The zero-order valence-corrected chi connectivity index (χ0v) is 14.1. The summed E-state index contributed by atoms with van der Waals surface area (Å²) in [7, 11) is 1.82. The van der Waals surface area contributed by atoms with E-state index in [4.69, 9.17) is 0 Å². The Morgan fingerprint density at radius 2 is 2.00 bits per heavy atom. The number of benzene rings is 2. The Morgan fingerprint density at radius 3 is 2.79 bits per heavy atom. The van der Waals surface area contributed by atoms with Crippen LogP contribution in [-0.2, 0) is 17.6 Å². The lowest BCUT2D eigenvalue weighted by molar-refractivity contribution is -0.118. The maximum atomic E-state index is 12.1. The standard InChI is InChI=1S/C20H22N2O2/c1-14-4-3-5-17(12-14)20(24)21-11-10-15-6-8-18-16(13-15)7-9-19(23)22(18)2/h3-6,8,12-13H,7,9-11H2,1-2H3,(H,21,24). The molecule has 4 heteroatoms. The number of fused-ring (bicyclic) bond motifs is 1. The molecule has 1 heterocycles. The molecule has 1 aliphatic rings. The van der Waals surface area contributed by atoms with Gasteiger partial charge in [0.2, 0.25) is 5.91 Å². The van der Waals surface area contributed by atoms with Crippen molar-refractivity contribution in [3.05, 3.63) is 64.7 Å². The minimum Gasteiger partial charge on any atom is -0.352 e. The highest BCUT2D eigenvalue weighted by Gasteiger charge is 2.20. The molecule has 0 fully saturated rings. The summed E-state index contributed by atoms with van der Waals surface area (Å²) in [5.41, 5.74) is 5.16. The monoisotopic (exact) mass is 322 g/mol. The molecule has 2 aromatic rings. The lowest BCUT2D eigenvalue weighted by Crippen LogP contribution is -2.31. The first-order chi connectivity index (χ1) is 11.5. The normalized spacial score (nSPS) is 13.6. The minimum atomic E-state index is -0.0398. The first kappa shape index (κ1) is 16.2. The number of nitrogens with one attached hydrogen (secondary N) is 1. The van der Waals surface area contributed by atoms with Crippen molar-refractivity contribution in [3.8, 4) is 0 Å². The molecule has 0 saturated carbocycles. The predicted octanol–water partition coefficient (Wildman–Crippen LogP) is 2.88. The fourth-order valence-corrected chi connectivity index (χ4v) is 3.07. The Labute approximate surface area is 142 Å². The van der Waals surface area contributed by atoms with Crippen molar-refractivity contribution < 1.29 is 9.59 Å². The van der Waals surface area contributed by atoms with E-state index in [1.807, 2.05) is 50.4 Å². The molecular formula is C20H22N2O2. The van der Waals surface area contributed by atoms with E-state index in [9.17, 15) is 9.59 Å². The van der Waals surface area contributed by atoms with Gasteiger partial charge in [-0.2, -0.15) is 0 Å². The summed E-state index contributed by atoms with van der Waals surface area (Å²) < 4.78 is 0. The Kier molecular flexibility index (Phi) is 4.65. The van der Waals surface area contributed by atoms with Crippen LogP contribution in [0.3, 0.4) is 0 Å². The second kappa shape index (κ2) is 6.87. The first-order valence-corrected chi connectivity index (χ1v) is 8.28. The van der Waals surface area contributed by atoms with Crippen molar-refractivity contribution >= 4 is 17.5 Å². The number of anilines is 1. The molecule has 2 aromatic carbocycles. The molecule has 0 radical (unpaired) electrons. The van der Waals surface area contributed by atoms with Gasteiger partial charge in [-0.1, -0.05) is 29.8 Å². The van der Waals surface area contributed by atoms with Crippen molar-refractivity contribution in [1.82, 2.24) is 5.32 Å². The van der Waals surface area contributed by atoms with Crippen molar-refractivity contribution in [2.24, 2.45) is 0 Å². The van der Waals surface area contributed by atoms with Gasteiger partial charge in [-0.05, 0) is 49.1 Å². The third kappa shape index (κ3) is 3.48. The fourth-order valence-electron chi connectivity index (χ4n) is 3.07. The summed E-state index contributed by atoms with van der Waals surface area (Å²) >= 11 is 0. The van der Waals surface area contributed by atoms with Gasteiger partial charge in [0.1, 0.15) is 0 Å². The van der Waals surface area contributed by atoms with Crippen molar-refractivity contribution in [3.63, 3.8) is 0 Å². The maximum Gasteiger partial charge on any atom is 0.251 e. The largest absolute Gasteiger partial charge is 0.352 e. The SMILES string of the molecule is Cc1cccc(C(=O)NCCc2ccc3c(c2)CCC(=O)N3C)c1. The second-order valence-electron chi connectivity index (χ2n) is 6.29. The Bertz CT molecular complexity index is 783. The molecule has 0 atom stereocenters. The van der Waals surface area contributed by atoms with E-state index < -0.39 is 0 Å². The molecule has 24 heavy (non-hydrogen) atoms. The van der Waals surface area contributed by atoms with Gasteiger partial charge in [-0.3, -0.25) is 9.59 Å². The molecule has 1 aliphatic heterocycles. The summed E-state index contributed by atoms with van der Waals surface area (Å²) in [6.07, 6.45) is 2.14. The maximum absolute atomic E-state index is 12.1. The molecule has 2 amide bonds. The van der Waals surface area contributed by atoms with Crippen LogP contribution >= 0.6 is 0 Å². The summed E-state index contributed by atoms with van der Waals surface area (Å²) in [4.78, 5) is 25.6. The minimum absolute atomic E-state index is 0.0398. The van der Waals surface area contributed by atoms with Crippen molar-refractivity contribution in [2.75, 3.05) is 18.5 Å². The van der Waals surface area contributed by atoms with Gasteiger partial charge < -0.3 is 10.2 Å². The van der Waals surface area contributed by atoms with Crippen LogP contribution in [0.5, 0.6) is 0 Å². The van der Waals surface area contributed by atoms with Crippen molar-refractivity contribution in [1.29, 1.82) is 0 Å². The van der Waals surface area contributed by atoms with E-state index in [0.717, 1.165) is 24.1 Å². The summed E-state index contributed by atoms with van der Waals surface area (Å²) in [5, 5.41) is 2.97. The van der Waals surface area contributed by atoms with Crippen LogP contribution in [0.2, 0.25) is 0 Å². The number of aryl methyl sites for hydroxylation is 2. The van der Waals surface area contributed by atoms with Gasteiger partial charge in [0, 0.05) is 31.3 Å². The molecule has 1 N–H and O–H groups in total. The van der Waals surface area contributed by atoms with Crippen LogP contribution in [0.4, 0.5) is 5.69 Å². The number of nitrogens with zero attached hydrogens (tertiary/aromatic N) is 1. The van der Waals surface area contributed by atoms with Gasteiger partial charge in [0.25, 0.3) is 5.91 Å². The summed E-state index contributed by atoms with van der Waals surface area (Å²) in [6, 6.07) is 13.8. The average Bonchev–Trinajstić information content (AvgIpc) is 2.58. The van der Waals surface area contributed by atoms with Crippen LogP contribution in [-0.4, -0.2) is 25.4 Å². The average molecular weight is 322 g/mol. The number of hydrogen-bond donors (Lipinski definition) is 1. The molecule has 0 aliphatic carbocycles. The zero-order chi connectivity index (χ0) is 17.1. The van der Waals surface area contributed by atoms with Crippen LogP contribution < -0.4 is 10.2 Å². The number of amides is 2. The highest BCUT2D eigenvalue weighted by atomic mass is 16.2. The number of carbonyl (C=O) groups is 2. The van der Waals surface area contributed by atoms with E-state index in [1.54, 1.807) is 4.90 Å².